The molecule has 9 nitrogen and oxygen atoms in total. The molecular weight excluding hydrogens is 599 g/mol. The standard InChI is InChI=1S/C29H35F5N6O3.C2H6/c1-16-14-38(24(19-12-28(30,31)13-19)18-4-6-20(7-5-18)29(32,33)34)9-10-39(16)25-23-26(37(3)27(42)36-25)40(17(2)35-23)15-22-21(41)8-11-43-22;1-2/h4-7,16,19,21-22,24,41H,8-15H2,1-3H3;1-2H3. The molecule has 0 radical (unpaired) electrons. The second-order valence-electron chi connectivity index (χ2n) is 12.1. The summed E-state index contributed by atoms with van der Waals surface area (Å²) in [5, 5.41) is 10.3. The van der Waals surface area contributed by atoms with Gasteiger partial charge in [-0.15, -0.1) is 0 Å². The minimum atomic E-state index is -4.49. The molecule has 1 aliphatic carbocycles. The summed E-state index contributed by atoms with van der Waals surface area (Å²) in [6.07, 6.45) is -5.63. The number of ether oxygens (including phenoxy) is 1. The Morgan fingerprint density at radius 3 is 2.33 bits per heavy atom. The van der Waals surface area contributed by atoms with Crippen LogP contribution in [0.1, 0.15) is 63.0 Å². The number of aliphatic hydroxyl groups is 1. The Kier molecular flexibility index (Phi) is 9.31. The van der Waals surface area contributed by atoms with Crippen molar-refractivity contribution < 1.29 is 31.8 Å². The SMILES string of the molecule is CC.Cc1nc2c(N3CCN(C(c4ccc(C(F)(F)F)cc4)C4CC(F)(F)C4)CC3C)nc(=O)n(C)c2n1CC1OCCC1O. The van der Waals surface area contributed by atoms with Crippen LogP contribution in [0.15, 0.2) is 29.1 Å². The molecule has 2 saturated heterocycles. The number of imidazole rings is 1. The van der Waals surface area contributed by atoms with Crippen molar-refractivity contribution >= 4 is 17.0 Å². The molecule has 0 bridgehead atoms. The number of aryl methyl sites for hydroxylation is 2. The Morgan fingerprint density at radius 1 is 1.11 bits per heavy atom. The van der Waals surface area contributed by atoms with Gasteiger partial charge >= 0.3 is 11.9 Å². The van der Waals surface area contributed by atoms with E-state index in [2.05, 4.69) is 9.88 Å². The van der Waals surface area contributed by atoms with E-state index in [1.165, 1.54) is 16.7 Å². The van der Waals surface area contributed by atoms with Crippen molar-refractivity contribution in [1.29, 1.82) is 0 Å². The van der Waals surface area contributed by atoms with Crippen LogP contribution in [0.2, 0.25) is 0 Å². The lowest BCUT2D eigenvalue weighted by Gasteiger charge is -2.49. The fourth-order valence-electron chi connectivity index (χ4n) is 6.90. The third kappa shape index (κ3) is 6.46. The number of anilines is 1. The first-order valence-electron chi connectivity index (χ1n) is 15.5. The number of fused-ring (bicyclic) bond motifs is 1. The van der Waals surface area contributed by atoms with E-state index in [1.807, 2.05) is 37.2 Å². The molecule has 14 heteroatoms. The summed E-state index contributed by atoms with van der Waals surface area (Å²) >= 11 is 0. The zero-order valence-electron chi connectivity index (χ0n) is 26.2. The maximum atomic E-state index is 14.0. The molecule has 0 spiro atoms. The van der Waals surface area contributed by atoms with Crippen molar-refractivity contribution in [3.63, 3.8) is 0 Å². The van der Waals surface area contributed by atoms with Crippen LogP contribution in [-0.2, 0) is 24.5 Å². The number of aliphatic hydroxyl groups excluding tert-OH is 1. The molecule has 3 aliphatic rings. The summed E-state index contributed by atoms with van der Waals surface area (Å²) in [5.74, 6) is -2.12. The average molecular weight is 641 g/mol. The van der Waals surface area contributed by atoms with Gasteiger partial charge in [-0.05, 0) is 43.9 Å². The molecule has 4 heterocycles. The van der Waals surface area contributed by atoms with Gasteiger partial charge in [-0.25, -0.2) is 18.6 Å². The molecule has 3 aromatic rings. The van der Waals surface area contributed by atoms with Crippen LogP contribution < -0.4 is 10.6 Å². The number of alkyl halides is 5. The minimum Gasteiger partial charge on any atom is -0.390 e. The van der Waals surface area contributed by atoms with Gasteiger partial charge in [0.05, 0.1) is 18.2 Å². The van der Waals surface area contributed by atoms with E-state index in [4.69, 9.17) is 9.72 Å². The van der Waals surface area contributed by atoms with Crippen molar-refractivity contribution in [3.8, 4) is 0 Å². The Balaban J connectivity index is 0.00000196. The van der Waals surface area contributed by atoms with Crippen molar-refractivity contribution in [2.75, 3.05) is 31.1 Å². The minimum absolute atomic E-state index is 0.209. The summed E-state index contributed by atoms with van der Waals surface area (Å²) in [6, 6.07) is 4.13. The number of benzene rings is 1. The van der Waals surface area contributed by atoms with Crippen molar-refractivity contribution in [2.24, 2.45) is 13.0 Å². The monoisotopic (exact) mass is 640 g/mol. The first kappa shape index (κ1) is 33.3. The summed E-state index contributed by atoms with van der Waals surface area (Å²) < 4.78 is 76.5. The molecule has 248 valence electrons. The molecule has 6 rings (SSSR count). The molecule has 45 heavy (non-hydrogen) atoms. The van der Waals surface area contributed by atoms with Gasteiger partial charge in [0.1, 0.15) is 23.1 Å². The highest BCUT2D eigenvalue weighted by molar-refractivity contribution is 5.84. The lowest BCUT2D eigenvalue weighted by molar-refractivity contribution is -0.137. The predicted octanol–water partition coefficient (Wildman–Crippen LogP) is 4.93. The first-order chi connectivity index (χ1) is 21.2. The van der Waals surface area contributed by atoms with E-state index < -0.39 is 47.5 Å². The molecule has 2 aromatic heterocycles. The van der Waals surface area contributed by atoms with E-state index >= 15 is 0 Å². The quantitative estimate of drug-likeness (QED) is 0.383. The van der Waals surface area contributed by atoms with Crippen LogP contribution in [0, 0.1) is 12.8 Å². The zero-order valence-corrected chi connectivity index (χ0v) is 26.2. The van der Waals surface area contributed by atoms with Crippen LogP contribution >= 0.6 is 0 Å². The van der Waals surface area contributed by atoms with E-state index in [0.29, 0.717) is 67.6 Å². The number of rotatable bonds is 6. The third-order valence-electron chi connectivity index (χ3n) is 9.16. The molecule has 0 amide bonds. The molecular formula is C31H41F5N6O3. The van der Waals surface area contributed by atoms with Gasteiger partial charge in [0.2, 0.25) is 5.92 Å². The smallest absolute Gasteiger partial charge is 0.390 e. The van der Waals surface area contributed by atoms with Crippen molar-refractivity contribution in [3.05, 3.63) is 51.7 Å². The topological polar surface area (TPSA) is 88.7 Å². The van der Waals surface area contributed by atoms with Crippen LogP contribution in [0.5, 0.6) is 0 Å². The molecule has 4 unspecified atom stereocenters. The van der Waals surface area contributed by atoms with Crippen molar-refractivity contribution in [1.82, 2.24) is 24.0 Å². The third-order valence-corrected chi connectivity index (χ3v) is 9.16. The fourth-order valence-corrected chi connectivity index (χ4v) is 6.90. The molecule has 3 fully saturated rings. The lowest BCUT2D eigenvalue weighted by Crippen LogP contribution is -2.56. The number of hydrogen-bond acceptors (Lipinski definition) is 7. The number of nitrogens with zero attached hydrogens (tertiary/aromatic N) is 6. The van der Waals surface area contributed by atoms with Crippen LogP contribution in [0.25, 0.3) is 11.2 Å². The second-order valence-corrected chi connectivity index (χ2v) is 12.1. The molecule has 1 saturated carbocycles. The number of hydrogen-bond donors (Lipinski definition) is 1. The van der Waals surface area contributed by atoms with E-state index in [9.17, 15) is 31.9 Å². The Morgan fingerprint density at radius 2 is 1.78 bits per heavy atom. The fraction of sp³-hybridized carbons (Fsp3) is 0.645. The summed E-state index contributed by atoms with van der Waals surface area (Å²) in [5.41, 5.74) is 0.422. The van der Waals surface area contributed by atoms with E-state index in [0.717, 1.165) is 12.1 Å². The van der Waals surface area contributed by atoms with E-state index in [-0.39, 0.29) is 18.9 Å². The largest absolute Gasteiger partial charge is 0.416 e. The highest BCUT2D eigenvalue weighted by Gasteiger charge is 2.51. The Hall–Kier alpha value is -3.10. The predicted molar refractivity (Wildman–Crippen MR) is 159 cm³/mol. The number of aromatic nitrogens is 4. The van der Waals surface area contributed by atoms with Gasteiger partial charge in [-0.1, -0.05) is 26.0 Å². The maximum absolute atomic E-state index is 14.0. The summed E-state index contributed by atoms with van der Waals surface area (Å²) in [4.78, 5) is 26.2. The van der Waals surface area contributed by atoms with Gasteiger partial charge in [-0.3, -0.25) is 9.47 Å². The molecule has 4 atom stereocenters. The number of piperazine rings is 1. The van der Waals surface area contributed by atoms with Crippen LogP contribution in [-0.4, -0.2) is 79.5 Å². The lowest BCUT2D eigenvalue weighted by atomic mass is 9.73. The van der Waals surface area contributed by atoms with E-state index in [1.54, 1.807) is 7.05 Å². The Labute approximate surface area is 258 Å². The first-order valence-corrected chi connectivity index (χ1v) is 15.5. The number of halogens is 5. The van der Waals surface area contributed by atoms with Crippen LogP contribution in [0.4, 0.5) is 27.8 Å². The zero-order chi connectivity index (χ0) is 32.8. The highest BCUT2D eigenvalue weighted by Crippen LogP contribution is 2.51. The second kappa shape index (κ2) is 12.6. The maximum Gasteiger partial charge on any atom is 0.416 e. The van der Waals surface area contributed by atoms with Gasteiger partial charge in [-0.2, -0.15) is 18.2 Å². The van der Waals surface area contributed by atoms with Gasteiger partial charge in [0.25, 0.3) is 0 Å². The summed E-state index contributed by atoms with van der Waals surface area (Å²) in [7, 11) is 1.62. The Bertz CT molecular complexity index is 1550. The van der Waals surface area contributed by atoms with Crippen molar-refractivity contribution in [2.45, 2.75) is 89.9 Å². The van der Waals surface area contributed by atoms with Gasteiger partial charge < -0.3 is 19.3 Å². The molecule has 2 aliphatic heterocycles. The molecule has 1 aromatic carbocycles. The molecule has 1 N–H and O–H groups in total. The summed E-state index contributed by atoms with van der Waals surface area (Å²) in [6.45, 7) is 9.81. The highest BCUT2D eigenvalue weighted by atomic mass is 19.4. The average Bonchev–Trinajstić information content (AvgIpc) is 3.53. The van der Waals surface area contributed by atoms with Gasteiger partial charge in [0.15, 0.2) is 5.82 Å². The normalized spacial score (nSPS) is 24.8. The van der Waals surface area contributed by atoms with Crippen LogP contribution in [0.3, 0.4) is 0 Å². The van der Waals surface area contributed by atoms with Gasteiger partial charge in [0, 0.05) is 58.2 Å².